The lowest BCUT2D eigenvalue weighted by molar-refractivity contribution is -0.149. The van der Waals surface area contributed by atoms with Crippen molar-refractivity contribution in [1.82, 2.24) is 9.80 Å². The Morgan fingerprint density at radius 2 is 2.00 bits per heavy atom. The molecule has 3 aliphatic rings. The minimum atomic E-state index is 0.0124. The first-order valence-corrected chi connectivity index (χ1v) is 8.37. The standard InChI is InChI=1S/C16H28N2O2/c1-2-20-15(19)12-16(18-8-4-3-5-9-18)7-11-17-10-6-14(16)13-17/h14H,2-13H2,1H3. The fourth-order valence-corrected chi connectivity index (χ4v) is 4.59. The molecule has 0 saturated carbocycles. The Balaban J connectivity index is 1.79. The van der Waals surface area contributed by atoms with Gasteiger partial charge in [0.2, 0.25) is 0 Å². The molecule has 0 N–H and O–H groups in total. The van der Waals surface area contributed by atoms with E-state index in [4.69, 9.17) is 4.74 Å². The van der Waals surface area contributed by atoms with Crippen LogP contribution in [0, 0.1) is 5.92 Å². The number of carbonyl (C=O) groups excluding carboxylic acids is 1. The molecule has 114 valence electrons. The van der Waals surface area contributed by atoms with Crippen LogP contribution in [0.4, 0.5) is 0 Å². The van der Waals surface area contributed by atoms with Crippen LogP contribution in [0.1, 0.15) is 45.4 Å². The predicted octanol–water partition coefficient (Wildman–Crippen LogP) is 1.89. The summed E-state index contributed by atoms with van der Waals surface area (Å²) in [7, 11) is 0. The summed E-state index contributed by atoms with van der Waals surface area (Å²) in [5.41, 5.74) is 0.0969. The van der Waals surface area contributed by atoms with E-state index in [-0.39, 0.29) is 11.5 Å². The molecule has 0 aromatic carbocycles. The lowest BCUT2D eigenvalue weighted by atomic mass is 9.74. The lowest BCUT2D eigenvalue weighted by Gasteiger charge is -2.51. The summed E-state index contributed by atoms with van der Waals surface area (Å²) >= 11 is 0. The van der Waals surface area contributed by atoms with Gasteiger partial charge in [-0.2, -0.15) is 0 Å². The average molecular weight is 280 g/mol. The molecule has 3 unspecified atom stereocenters. The number of piperidine rings is 2. The smallest absolute Gasteiger partial charge is 0.307 e. The van der Waals surface area contributed by atoms with Crippen LogP contribution in [0.15, 0.2) is 0 Å². The summed E-state index contributed by atoms with van der Waals surface area (Å²) in [6.45, 7) is 8.34. The number of hydrogen-bond donors (Lipinski definition) is 0. The van der Waals surface area contributed by atoms with Crippen molar-refractivity contribution in [2.45, 2.75) is 51.0 Å². The zero-order chi connectivity index (χ0) is 14.0. The largest absolute Gasteiger partial charge is 0.466 e. The monoisotopic (exact) mass is 280 g/mol. The van der Waals surface area contributed by atoms with E-state index in [2.05, 4.69) is 9.80 Å². The van der Waals surface area contributed by atoms with Gasteiger partial charge >= 0.3 is 5.97 Å². The Hall–Kier alpha value is -0.610. The van der Waals surface area contributed by atoms with Crippen LogP contribution >= 0.6 is 0 Å². The number of esters is 1. The minimum absolute atomic E-state index is 0.0124. The SMILES string of the molecule is CCOC(=O)CC1(N2CCCCC2)CCN2CCC1C2. The summed E-state index contributed by atoms with van der Waals surface area (Å²) in [5.74, 6) is 0.678. The topological polar surface area (TPSA) is 32.8 Å². The second kappa shape index (κ2) is 6.02. The first kappa shape index (κ1) is 14.3. The Morgan fingerprint density at radius 1 is 1.20 bits per heavy atom. The maximum Gasteiger partial charge on any atom is 0.307 e. The number of carbonyl (C=O) groups is 1. The molecule has 0 aromatic heterocycles. The zero-order valence-corrected chi connectivity index (χ0v) is 12.8. The fourth-order valence-electron chi connectivity index (χ4n) is 4.59. The van der Waals surface area contributed by atoms with E-state index in [1.807, 2.05) is 6.92 Å². The van der Waals surface area contributed by atoms with E-state index in [9.17, 15) is 4.79 Å². The van der Waals surface area contributed by atoms with Gasteiger partial charge in [0.05, 0.1) is 13.0 Å². The van der Waals surface area contributed by atoms with Crippen molar-refractivity contribution in [2.75, 3.05) is 39.3 Å². The van der Waals surface area contributed by atoms with Crippen LogP contribution < -0.4 is 0 Å². The van der Waals surface area contributed by atoms with Gasteiger partial charge in [-0.25, -0.2) is 0 Å². The van der Waals surface area contributed by atoms with Crippen molar-refractivity contribution in [2.24, 2.45) is 5.92 Å². The van der Waals surface area contributed by atoms with Crippen molar-refractivity contribution in [3.63, 3.8) is 0 Å². The molecule has 0 radical (unpaired) electrons. The molecule has 20 heavy (non-hydrogen) atoms. The highest BCUT2D eigenvalue weighted by Crippen LogP contribution is 2.43. The third-order valence-corrected chi connectivity index (χ3v) is 5.63. The molecule has 4 heteroatoms. The van der Waals surface area contributed by atoms with E-state index in [1.54, 1.807) is 0 Å². The Morgan fingerprint density at radius 3 is 2.75 bits per heavy atom. The van der Waals surface area contributed by atoms with Crippen LogP contribution in [0.25, 0.3) is 0 Å². The predicted molar refractivity (Wildman–Crippen MR) is 78.6 cm³/mol. The van der Waals surface area contributed by atoms with Gasteiger partial charge in [-0.1, -0.05) is 6.42 Å². The van der Waals surface area contributed by atoms with Crippen molar-refractivity contribution in [3.8, 4) is 0 Å². The molecule has 0 spiro atoms. The Bertz CT molecular complexity index is 354. The van der Waals surface area contributed by atoms with Gasteiger partial charge in [0.15, 0.2) is 0 Å². The number of hydrogen-bond acceptors (Lipinski definition) is 4. The third kappa shape index (κ3) is 2.60. The molecule has 0 aromatic rings. The number of fused-ring (bicyclic) bond motifs is 2. The molecule has 3 atom stereocenters. The van der Waals surface area contributed by atoms with Gasteiger partial charge in [0.25, 0.3) is 0 Å². The quantitative estimate of drug-likeness (QED) is 0.736. The van der Waals surface area contributed by atoms with Crippen LogP contribution in [0.2, 0.25) is 0 Å². The second-order valence-corrected chi connectivity index (χ2v) is 6.67. The normalized spacial score (nSPS) is 37.9. The second-order valence-electron chi connectivity index (χ2n) is 6.67. The Kier molecular flexibility index (Phi) is 4.32. The van der Waals surface area contributed by atoms with E-state index >= 15 is 0 Å². The van der Waals surface area contributed by atoms with Gasteiger partial charge in [-0.15, -0.1) is 0 Å². The molecule has 3 heterocycles. The molecule has 3 aliphatic heterocycles. The van der Waals surface area contributed by atoms with Crippen LogP contribution in [0.5, 0.6) is 0 Å². The van der Waals surface area contributed by atoms with E-state index in [1.165, 1.54) is 51.9 Å². The molecule has 0 amide bonds. The maximum absolute atomic E-state index is 12.2. The van der Waals surface area contributed by atoms with Gasteiger partial charge in [-0.05, 0) is 64.7 Å². The molecule has 0 aliphatic carbocycles. The summed E-state index contributed by atoms with van der Waals surface area (Å²) in [5, 5.41) is 0. The summed E-state index contributed by atoms with van der Waals surface area (Å²) in [4.78, 5) is 17.4. The first-order valence-electron chi connectivity index (χ1n) is 8.37. The lowest BCUT2D eigenvalue weighted by Crippen LogP contribution is -2.60. The highest BCUT2D eigenvalue weighted by atomic mass is 16.5. The molecule has 3 fully saturated rings. The molecule has 3 saturated heterocycles. The molecule has 4 nitrogen and oxygen atoms in total. The van der Waals surface area contributed by atoms with Crippen molar-refractivity contribution < 1.29 is 9.53 Å². The van der Waals surface area contributed by atoms with Crippen LogP contribution in [-0.2, 0) is 9.53 Å². The fraction of sp³-hybridized carbons (Fsp3) is 0.938. The molecule has 2 bridgehead atoms. The van der Waals surface area contributed by atoms with Crippen molar-refractivity contribution in [1.29, 1.82) is 0 Å². The summed E-state index contributed by atoms with van der Waals surface area (Å²) in [6.07, 6.45) is 6.95. The number of ether oxygens (including phenoxy) is 1. The van der Waals surface area contributed by atoms with Crippen molar-refractivity contribution in [3.05, 3.63) is 0 Å². The minimum Gasteiger partial charge on any atom is -0.466 e. The highest BCUT2D eigenvalue weighted by Gasteiger charge is 2.50. The first-order chi connectivity index (χ1) is 9.74. The number of rotatable bonds is 4. The van der Waals surface area contributed by atoms with E-state index in [0.717, 1.165) is 13.0 Å². The van der Waals surface area contributed by atoms with Gasteiger partial charge in [0, 0.05) is 12.1 Å². The average Bonchev–Trinajstić information content (AvgIpc) is 2.88. The van der Waals surface area contributed by atoms with Crippen molar-refractivity contribution >= 4 is 5.97 Å². The third-order valence-electron chi connectivity index (χ3n) is 5.63. The highest BCUT2D eigenvalue weighted by molar-refractivity contribution is 5.71. The van der Waals surface area contributed by atoms with E-state index in [0.29, 0.717) is 18.9 Å². The van der Waals surface area contributed by atoms with E-state index < -0.39 is 0 Å². The Labute approximate surface area is 122 Å². The zero-order valence-electron chi connectivity index (χ0n) is 12.8. The van der Waals surface area contributed by atoms with Crippen LogP contribution in [0.3, 0.4) is 0 Å². The maximum atomic E-state index is 12.2. The molecular weight excluding hydrogens is 252 g/mol. The van der Waals surface area contributed by atoms with Crippen LogP contribution in [-0.4, -0.2) is 60.6 Å². The van der Waals surface area contributed by atoms with Gasteiger partial charge in [-0.3, -0.25) is 9.69 Å². The number of likely N-dealkylation sites (tertiary alicyclic amines) is 1. The summed E-state index contributed by atoms with van der Waals surface area (Å²) in [6, 6.07) is 0. The number of nitrogens with zero attached hydrogens (tertiary/aromatic N) is 2. The van der Waals surface area contributed by atoms with Gasteiger partial charge < -0.3 is 9.64 Å². The summed E-state index contributed by atoms with van der Waals surface area (Å²) < 4.78 is 5.29. The molecular formula is C16H28N2O2. The molecule has 3 rings (SSSR count). The van der Waals surface area contributed by atoms with Gasteiger partial charge in [0.1, 0.15) is 0 Å².